The lowest BCUT2D eigenvalue weighted by Crippen LogP contribution is -2.28. The van der Waals surface area contributed by atoms with Gasteiger partial charge in [0.2, 0.25) is 0 Å². The number of anilines is 4. The van der Waals surface area contributed by atoms with Crippen molar-refractivity contribution in [3.8, 4) is 55.6 Å². The predicted molar refractivity (Wildman–Crippen MR) is 302 cm³/mol. The molecule has 0 aliphatic heterocycles. The highest BCUT2D eigenvalue weighted by atomic mass is 14.9. The first-order valence-electron chi connectivity index (χ1n) is 25.0. The Bertz CT molecular complexity index is 3290. The Morgan fingerprint density at radius 2 is 0.648 bits per heavy atom. The molecule has 2 heteroatoms. The summed E-state index contributed by atoms with van der Waals surface area (Å²) < 4.78 is 0. The van der Waals surface area contributed by atoms with Crippen LogP contribution >= 0.6 is 0 Å². The highest BCUT2D eigenvalue weighted by molar-refractivity contribution is 5.91. The molecule has 1 aliphatic carbocycles. The van der Waals surface area contributed by atoms with Crippen LogP contribution in [0.15, 0.2) is 243 Å². The van der Waals surface area contributed by atoms with E-state index in [0.29, 0.717) is 0 Å². The molecule has 346 valence electrons. The van der Waals surface area contributed by atoms with Gasteiger partial charge < -0.3 is 10.6 Å². The highest BCUT2D eigenvalue weighted by Crippen LogP contribution is 2.57. The Morgan fingerprint density at radius 3 is 1.06 bits per heavy atom. The second kappa shape index (κ2) is 18.3. The molecule has 0 aromatic heterocycles. The summed E-state index contributed by atoms with van der Waals surface area (Å²) in [5.74, 6) is 0. The van der Waals surface area contributed by atoms with Crippen LogP contribution < -0.4 is 10.6 Å². The molecule has 0 bridgehead atoms. The predicted octanol–water partition coefficient (Wildman–Crippen LogP) is 18.8. The molecule has 10 aromatic carbocycles. The van der Waals surface area contributed by atoms with E-state index < -0.39 is 5.41 Å². The van der Waals surface area contributed by atoms with E-state index in [1.54, 1.807) is 0 Å². The molecule has 0 fully saturated rings. The third-order valence-corrected chi connectivity index (χ3v) is 14.5. The minimum atomic E-state index is -0.612. The molecule has 1 aliphatic rings. The normalized spacial score (nSPS) is 12.8. The van der Waals surface area contributed by atoms with Crippen LogP contribution in [0.4, 0.5) is 22.7 Å². The van der Waals surface area contributed by atoms with Crippen LogP contribution in [0, 0.1) is 0 Å². The Hall–Kier alpha value is -8.20. The fraction of sp³-hybridized carbons (Fsp3) is 0.130. The SMILES string of the molecule is CC(C)(C)c1ccc(-c2ccc(Nc3cc(Nc4ccc(-c5ccc(C(C)(C)C)cc5)cc4-c4ccccc4)cc(C4(c5ccccc5)c5ccccc5-c5ccccc54)c3)c(-c3ccccc3)c2)cc1. The smallest absolute Gasteiger partial charge is 0.0715 e. The van der Waals surface area contributed by atoms with Crippen molar-refractivity contribution < 1.29 is 0 Å². The quantitative estimate of drug-likeness (QED) is 0.143. The molecule has 0 heterocycles. The highest BCUT2D eigenvalue weighted by Gasteiger charge is 2.46. The Morgan fingerprint density at radius 1 is 0.282 bits per heavy atom. The van der Waals surface area contributed by atoms with Crippen molar-refractivity contribution in [3.05, 3.63) is 276 Å². The molecule has 10 aromatic rings. The van der Waals surface area contributed by atoms with E-state index in [2.05, 4.69) is 295 Å². The van der Waals surface area contributed by atoms with Crippen molar-refractivity contribution in [3.63, 3.8) is 0 Å². The summed E-state index contributed by atoms with van der Waals surface area (Å²) in [6.45, 7) is 13.6. The Balaban J connectivity index is 1.10. The van der Waals surface area contributed by atoms with Crippen LogP contribution in [0.5, 0.6) is 0 Å². The summed E-state index contributed by atoms with van der Waals surface area (Å²) in [5, 5.41) is 8.07. The van der Waals surface area contributed by atoms with Crippen molar-refractivity contribution in [2.24, 2.45) is 0 Å². The lowest BCUT2D eigenvalue weighted by Gasteiger charge is -2.34. The molecule has 0 saturated heterocycles. The maximum absolute atomic E-state index is 4.04. The zero-order chi connectivity index (χ0) is 48.7. The Kier molecular flexibility index (Phi) is 11.7. The van der Waals surface area contributed by atoms with Gasteiger partial charge in [-0.2, -0.15) is 0 Å². The molecule has 0 unspecified atom stereocenters. The van der Waals surface area contributed by atoms with Crippen molar-refractivity contribution in [1.29, 1.82) is 0 Å². The van der Waals surface area contributed by atoms with Gasteiger partial charge in [0.1, 0.15) is 0 Å². The summed E-state index contributed by atoms with van der Waals surface area (Å²) >= 11 is 0. The van der Waals surface area contributed by atoms with Gasteiger partial charge in [-0.05, 0) is 131 Å². The van der Waals surface area contributed by atoms with Crippen molar-refractivity contribution >= 4 is 22.7 Å². The molecule has 11 rings (SSSR count). The molecular weight excluding hydrogens is 857 g/mol. The van der Waals surface area contributed by atoms with Crippen LogP contribution in [0.3, 0.4) is 0 Å². The summed E-state index contributed by atoms with van der Waals surface area (Å²) in [4.78, 5) is 0. The molecule has 0 atom stereocenters. The van der Waals surface area contributed by atoms with Crippen molar-refractivity contribution in [1.82, 2.24) is 0 Å². The largest absolute Gasteiger partial charge is 0.355 e. The van der Waals surface area contributed by atoms with Gasteiger partial charge in [0.05, 0.1) is 5.41 Å². The van der Waals surface area contributed by atoms with E-state index in [9.17, 15) is 0 Å². The fourth-order valence-electron chi connectivity index (χ4n) is 10.7. The maximum Gasteiger partial charge on any atom is 0.0715 e. The molecule has 2 nitrogen and oxygen atoms in total. The van der Waals surface area contributed by atoms with Crippen LogP contribution in [-0.4, -0.2) is 0 Å². The third kappa shape index (κ3) is 8.65. The maximum atomic E-state index is 4.04. The topological polar surface area (TPSA) is 24.1 Å². The van der Waals surface area contributed by atoms with Gasteiger partial charge in [-0.1, -0.05) is 242 Å². The van der Waals surface area contributed by atoms with Gasteiger partial charge in [0, 0.05) is 33.9 Å². The van der Waals surface area contributed by atoms with Gasteiger partial charge in [0.15, 0.2) is 0 Å². The van der Waals surface area contributed by atoms with Gasteiger partial charge in [-0.25, -0.2) is 0 Å². The zero-order valence-electron chi connectivity index (χ0n) is 41.6. The lowest BCUT2D eigenvalue weighted by atomic mass is 9.67. The van der Waals surface area contributed by atoms with Gasteiger partial charge in [-0.3, -0.25) is 0 Å². The average molecular weight is 917 g/mol. The summed E-state index contributed by atoms with van der Waals surface area (Å²) in [5.41, 5.74) is 23.0. The molecule has 0 radical (unpaired) electrons. The van der Waals surface area contributed by atoms with E-state index in [-0.39, 0.29) is 10.8 Å². The fourth-order valence-corrected chi connectivity index (χ4v) is 10.7. The van der Waals surface area contributed by atoms with Crippen LogP contribution in [0.2, 0.25) is 0 Å². The van der Waals surface area contributed by atoms with E-state index >= 15 is 0 Å². The number of rotatable bonds is 10. The van der Waals surface area contributed by atoms with E-state index in [0.717, 1.165) is 45.0 Å². The standard InChI is InChI=1S/C69H60N2/c1-67(2,3)53-36-30-47(31-37-53)51-34-40-65(61(42-51)49-20-10-7-11-21-49)70-57-44-56(69(55-24-14-9-15-25-55)63-28-18-16-26-59(63)60-27-17-19-29-64(60)69)45-58(46-57)71-66-41-35-52(43-62(66)50-22-12-8-13-23-50)48-32-38-54(39-33-48)68(4,5)6/h7-46,70-71H,1-6H3. The van der Waals surface area contributed by atoms with Gasteiger partial charge in [-0.15, -0.1) is 0 Å². The lowest BCUT2D eigenvalue weighted by molar-refractivity contribution is 0.590. The number of nitrogens with one attached hydrogen (secondary N) is 2. The van der Waals surface area contributed by atoms with Gasteiger partial charge >= 0.3 is 0 Å². The second-order valence-corrected chi connectivity index (χ2v) is 21.2. The molecular formula is C69H60N2. The van der Waals surface area contributed by atoms with Crippen LogP contribution in [0.25, 0.3) is 55.6 Å². The summed E-state index contributed by atoms with van der Waals surface area (Å²) in [7, 11) is 0. The van der Waals surface area contributed by atoms with Crippen molar-refractivity contribution in [2.75, 3.05) is 10.6 Å². The first-order chi connectivity index (χ1) is 34.4. The van der Waals surface area contributed by atoms with E-state index in [1.807, 2.05) is 0 Å². The first-order valence-corrected chi connectivity index (χ1v) is 25.0. The Labute approximate surface area is 420 Å². The molecule has 2 N–H and O–H groups in total. The monoisotopic (exact) mass is 916 g/mol. The zero-order valence-corrected chi connectivity index (χ0v) is 41.6. The molecule has 0 spiro atoms. The molecule has 0 saturated carbocycles. The molecule has 71 heavy (non-hydrogen) atoms. The number of fused-ring (bicyclic) bond motifs is 3. The average Bonchev–Trinajstić information content (AvgIpc) is 3.70. The van der Waals surface area contributed by atoms with Crippen molar-refractivity contribution in [2.45, 2.75) is 57.8 Å². The molecule has 0 amide bonds. The van der Waals surface area contributed by atoms with Crippen LogP contribution in [0.1, 0.15) is 74.9 Å². The van der Waals surface area contributed by atoms with E-state index in [1.165, 1.54) is 66.8 Å². The minimum Gasteiger partial charge on any atom is -0.355 e. The second-order valence-electron chi connectivity index (χ2n) is 21.2. The van der Waals surface area contributed by atoms with Crippen LogP contribution in [-0.2, 0) is 16.2 Å². The van der Waals surface area contributed by atoms with Gasteiger partial charge in [0.25, 0.3) is 0 Å². The minimum absolute atomic E-state index is 0.0803. The summed E-state index contributed by atoms with van der Waals surface area (Å²) in [6.07, 6.45) is 0. The number of benzene rings is 10. The number of hydrogen-bond acceptors (Lipinski definition) is 2. The summed E-state index contributed by atoms with van der Waals surface area (Å²) in [6, 6.07) is 89.4. The third-order valence-electron chi connectivity index (χ3n) is 14.5. The van der Waals surface area contributed by atoms with E-state index in [4.69, 9.17) is 0 Å². The number of hydrogen-bond donors (Lipinski definition) is 2. The first kappa shape index (κ1) is 45.3.